The van der Waals surface area contributed by atoms with Crippen molar-refractivity contribution < 1.29 is 31.9 Å². The Labute approximate surface area is 162 Å². The van der Waals surface area contributed by atoms with Gasteiger partial charge in [0.05, 0.1) is 25.2 Å². The summed E-state index contributed by atoms with van der Waals surface area (Å²) in [5.41, 5.74) is 0.682. The van der Waals surface area contributed by atoms with Gasteiger partial charge in [-0.1, -0.05) is 4.89 Å². The maximum atomic E-state index is 12.9. The molecule has 2 N–H and O–H groups in total. The van der Waals surface area contributed by atoms with Crippen LogP contribution in [0.15, 0.2) is 47.4 Å². The highest BCUT2D eigenvalue weighted by Crippen LogP contribution is 2.29. The number of rotatable bonds is 9. The third kappa shape index (κ3) is 5.65. The van der Waals surface area contributed by atoms with Crippen molar-refractivity contribution in [3.8, 4) is 11.5 Å². The van der Waals surface area contributed by atoms with E-state index in [4.69, 9.17) is 14.3 Å². The molecule has 0 aromatic heterocycles. The minimum Gasteiger partial charge on any atom is -0.497 e. The SMILES string of the molecule is COc1ccc(OC)c([C@@H](C)NC(=O)CONS(=O)(=O)c2ccc(F)cc2)c1. The second kappa shape index (κ2) is 9.49. The summed E-state index contributed by atoms with van der Waals surface area (Å²) >= 11 is 0. The molecule has 0 fully saturated rings. The Hall–Kier alpha value is -2.69. The maximum Gasteiger partial charge on any atom is 0.262 e. The fourth-order valence-corrected chi connectivity index (χ4v) is 3.18. The Balaban J connectivity index is 1.93. The van der Waals surface area contributed by atoms with E-state index in [-0.39, 0.29) is 4.90 Å². The zero-order valence-electron chi connectivity index (χ0n) is 15.6. The molecule has 0 unspecified atom stereocenters. The van der Waals surface area contributed by atoms with Gasteiger partial charge in [0.25, 0.3) is 10.0 Å². The number of amides is 1. The summed E-state index contributed by atoms with van der Waals surface area (Å²) in [4.78, 5) is 18.5. The molecule has 152 valence electrons. The number of methoxy groups -OCH3 is 2. The van der Waals surface area contributed by atoms with E-state index in [0.29, 0.717) is 17.1 Å². The van der Waals surface area contributed by atoms with Gasteiger partial charge in [-0.3, -0.25) is 9.63 Å². The smallest absolute Gasteiger partial charge is 0.262 e. The minimum atomic E-state index is -4.03. The quantitative estimate of drug-likeness (QED) is 0.610. The molecule has 1 atom stereocenters. The van der Waals surface area contributed by atoms with Crippen molar-refractivity contribution in [3.05, 3.63) is 53.8 Å². The molecule has 0 saturated heterocycles. The second-order valence-corrected chi connectivity index (χ2v) is 7.37. The molecular weight excluding hydrogens is 391 g/mol. The van der Waals surface area contributed by atoms with Crippen LogP contribution < -0.4 is 19.7 Å². The highest BCUT2D eigenvalue weighted by atomic mass is 32.2. The number of hydrogen-bond acceptors (Lipinski definition) is 6. The summed E-state index contributed by atoms with van der Waals surface area (Å²) in [5.74, 6) is 0.0344. The van der Waals surface area contributed by atoms with Gasteiger partial charge in [-0.05, 0) is 49.4 Å². The second-order valence-electron chi connectivity index (χ2n) is 5.73. The lowest BCUT2D eigenvalue weighted by Crippen LogP contribution is -2.34. The maximum absolute atomic E-state index is 12.9. The number of hydrogen-bond donors (Lipinski definition) is 2. The first-order chi connectivity index (χ1) is 13.3. The van der Waals surface area contributed by atoms with Crippen LogP contribution in [-0.2, 0) is 19.7 Å². The van der Waals surface area contributed by atoms with E-state index >= 15 is 0 Å². The van der Waals surface area contributed by atoms with Crippen molar-refractivity contribution in [1.82, 2.24) is 10.2 Å². The van der Waals surface area contributed by atoms with Crippen molar-refractivity contribution in [2.24, 2.45) is 0 Å². The van der Waals surface area contributed by atoms with Gasteiger partial charge in [-0.25, -0.2) is 12.8 Å². The van der Waals surface area contributed by atoms with Crippen LogP contribution in [0.2, 0.25) is 0 Å². The molecule has 10 heteroatoms. The molecule has 0 aliphatic heterocycles. The van der Waals surface area contributed by atoms with Crippen molar-refractivity contribution >= 4 is 15.9 Å². The minimum absolute atomic E-state index is 0.191. The average molecular weight is 412 g/mol. The molecule has 0 aliphatic carbocycles. The Kier molecular flexibility index (Phi) is 7.32. The van der Waals surface area contributed by atoms with E-state index in [9.17, 15) is 17.6 Å². The highest BCUT2D eigenvalue weighted by Gasteiger charge is 2.18. The molecule has 2 rings (SSSR count). The summed E-state index contributed by atoms with van der Waals surface area (Å²) < 4.78 is 47.3. The number of sulfonamides is 1. The zero-order chi connectivity index (χ0) is 20.7. The zero-order valence-corrected chi connectivity index (χ0v) is 16.4. The highest BCUT2D eigenvalue weighted by molar-refractivity contribution is 7.89. The molecule has 0 radical (unpaired) electrons. The number of carbonyl (C=O) groups excluding carboxylic acids is 1. The van der Waals surface area contributed by atoms with Crippen molar-refractivity contribution in [2.45, 2.75) is 17.9 Å². The molecule has 2 aromatic carbocycles. The Bertz CT molecular complexity index is 918. The third-order valence-corrected chi connectivity index (χ3v) is 5.01. The topological polar surface area (TPSA) is 103 Å². The first-order valence-electron chi connectivity index (χ1n) is 8.17. The number of carbonyl (C=O) groups is 1. The fraction of sp³-hybridized carbons (Fsp3) is 0.278. The number of nitrogens with one attached hydrogen (secondary N) is 2. The van der Waals surface area contributed by atoms with Crippen LogP contribution >= 0.6 is 0 Å². The molecule has 0 bridgehead atoms. The van der Waals surface area contributed by atoms with Gasteiger partial charge in [0.1, 0.15) is 23.9 Å². The average Bonchev–Trinajstić information content (AvgIpc) is 2.67. The standard InChI is InChI=1S/C18H21FN2O6S/c1-12(16-10-14(25-2)6-9-17(16)26-3)20-18(22)11-27-21-28(23,24)15-7-4-13(19)5-8-15/h4-10,12,21H,11H2,1-3H3,(H,20,22)/t12-/m1/s1. The predicted molar refractivity (Wildman–Crippen MR) is 98.8 cm³/mol. The summed E-state index contributed by atoms with van der Waals surface area (Å²) in [6, 6.07) is 8.89. The van der Waals surface area contributed by atoms with Gasteiger partial charge in [-0.15, -0.1) is 0 Å². The van der Waals surface area contributed by atoms with E-state index in [1.807, 2.05) is 4.89 Å². The molecule has 0 spiro atoms. The fourth-order valence-electron chi connectivity index (χ4n) is 2.37. The van der Waals surface area contributed by atoms with Gasteiger partial charge in [0, 0.05) is 5.56 Å². The Morgan fingerprint density at radius 3 is 2.39 bits per heavy atom. The van der Waals surface area contributed by atoms with Crippen LogP contribution in [0.1, 0.15) is 18.5 Å². The van der Waals surface area contributed by atoms with Gasteiger partial charge in [0.2, 0.25) is 5.91 Å². The van der Waals surface area contributed by atoms with Crippen molar-refractivity contribution in [1.29, 1.82) is 0 Å². The van der Waals surface area contributed by atoms with E-state index in [0.717, 1.165) is 24.3 Å². The summed E-state index contributed by atoms with van der Waals surface area (Å²) in [7, 11) is -0.998. The molecular formula is C18H21FN2O6S. The van der Waals surface area contributed by atoms with Crippen LogP contribution in [-0.4, -0.2) is 35.2 Å². The van der Waals surface area contributed by atoms with Gasteiger partial charge in [0.15, 0.2) is 0 Å². The third-order valence-electron chi connectivity index (χ3n) is 3.78. The molecule has 8 nitrogen and oxygen atoms in total. The van der Waals surface area contributed by atoms with Crippen LogP contribution in [0.4, 0.5) is 4.39 Å². The largest absolute Gasteiger partial charge is 0.497 e. The molecule has 28 heavy (non-hydrogen) atoms. The Morgan fingerprint density at radius 2 is 1.79 bits per heavy atom. The summed E-state index contributed by atoms with van der Waals surface area (Å²) in [5, 5.41) is 2.67. The number of ether oxygens (including phenoxy) is 2. The Morgan fingerprint density at radius 1 is 1.11 bits per heavy atom. The van der Waals surface area contributed by atoms with E-state index < -0.39 is 34.4 Å². The summed E-state index contributed by atoms with van der Waals surface area (Å²) in [6.07, 6.45) is 0. The van der Waals surface area contributed by atoms with Gasteiger partial charge < -0.3 is 14.8 Å². The molecule has 0 heterocycles. The lowest BCUT2D eigenvalue weighted by atomic mass is 10.1. The monoisotopic (exact) mass is 412 g/mol. The van der Waals surface area contributed by atoms with E-state index in [1.54, 1.807) is 25.1 Å². The van der Waals surface area contributed by atoms with Crippen LogP contribution in [0.5, 0.6) is 11.5 Å². The van der Waals surface area contributed by atoms with Crippen molar-refractivity contribution in [3.63, 3.8) is 0 Å². The van der Waals surface area contributed by atoms with Crippen LogP contribution in [0.25, 0.3) is 0 Å². The lowest BCUT2D eigenvalue weighted by Gasteiger charge is -2.18. The van der Waals surface area contributed by atoms with E-state index in [2.05, 4.69) is 5.32 Å². The molecule has 1 amide bonds. The van der Waals surface area contributed by atoms with Crippen molar-refractivity contribution in [2.75, 3.05) is 20.8 Å². The number of halogens is 1. The summed E-state index contributed by atoms with van der Waals surface area (Å²) in [6.45, 7) is 1.18. The first-order valence-corrected chi connectivity index (χ1v) is 9.65. The normalized spacial score (nSPS) is 12.3. The van der Waals surface area contributed by atoms with Crippen LogP contribution in [0.3, 0.4) is 0 Å². The molecule has 0 saturated carbocycles. The van der Waals surface area contributed by atoms with Gasteiger partial charge >= 0.3 is 0 Å². The van der Waals surface area contributed by atoms with Gasteiger partial charge in [-0.2, -0.15) is 0 Å². The first kappa shape index (κ1) is 21.6. The predicted octanol–water partition coefficient (Wildman–Crippen LogP) is 1.93. The van der Waals surface area contributed by atoms with E-state index in [1.165, 1.54) is 14.2 Å². The van der Waals surface area contributed by atoms with Crippen LogP contribution in [0, 0.1) is 5.82 Å². The number of benzene rings is 2. The molecule has 2 aromatic rings. The molecule has 0 aliphatic rings. The lowest BCUT2D eigenvalue weighted by molar-refractivity contribution is -0.127.